The van der Waals surface area contributed by atoms with E-state index in [1.165, 1.54) is 0 Å². The van der Waals surface area contributed by atoms with Crippen molar-refractivity contribution in [3.63, 3.8) is 0 Å². The first kappa shape index (κ1) is 17.0. The van der Waals surface area contributed by atoms with Gasteiger partial charge in [0, 0.05) is 32.2 Å². The van der Waals surface area contributed by atoms with Gasteiger partial charge in [0.1, 0.15) is 11.5 Å². The molecule has 7 nitrogen and oxygen atoms in total. The molecule has 1 aromatic rings. The van der Waals surface area contributed by atoms with Gasteiger partial charge in [-0.3, -0.25) is 9.69 Å². The Labute approximate surface area is 141 Å². The maximum atomic E-state index is 12.4. The summed E-state index contributed by atoms with van der Waals surface area (Å²) in [4.78, 5) is 16.2. The van der Waals surface area contributed by atoms with E-state index in [9.17, 15) is 9.90 Å². The molecule has 2 aliphatic heterocycles. The van der Waals surface area contributed by atoms with E-state index in [0.29, 0.717) is 37.8 Å². The number of carbonyl (C=O) groups is 1. The molecule has 2 heterocycles. The number of hydrogen-bond acceptors (Lipinski definition) is 6. The maximum absolute atomic E-state index is 12.4. The van der Waals surface area contributed by atoms with Gasteiger partial charge in [0.15, 0.2) is 6.61 Å². The van der Waals surface area contributed by atoms with Crippen molar-refractivity contribution in [2.45, 2.75) is 12.1 Å². The van der Waals surface area contributed by atoms with Gasteiger partial charge in [0.25, 0.3) is 5.91 Å². The molecule has 24 heavy (non-hydrogen) atoms. The smallest absolute Gasteiger partial charge is 0.260 e. The lowest BCUT2D eigenvalue weighted by Gasteiger charge is -2.33. The number of nitrogens with zero attached hydrogens (tertiary/aromatic N) is 2. The molecule has 2 atom stereocenters. The predicted octanol–water partition coefficient (Wildman–Crippen LogP) is -0.0221. The van der Waals surface area contributed by atoms with E-state index in [1.807, 2.05) is 12.1 Å². The molecule has 1 amide bonds. The fraction of sp³-hybridized carbons (Fsp3) is 0.588. The molecule has 2 saturated heterocycles. The molecule has 1 N–H and O–H groups in total. The zero-order valence-electron chi connectivity index (χ0n) is 13.9. The Morgan fingerprint density at radius 3 is 2.79 bits per heavy atom. The molecule has 0 aliphatic carbocycles. The van der Waals surface area contributed by atoms with Crippen molar-refractivity contribution in [3.8, 4) is 11.5 Å². The predicted molar refractivity (Wildman–Crippen MR) is 87.3 cm³/mol. The summed E-state index contributed by atoms with van der Waals surface area (Å²) in [5.74, 6) is 1.16. The van der Waals surface area contributed by atoms with Crippen molar-refractivity contribution >= 4 is 5.91 Å². The van der Waals surface area contributed by atoms with Crippen LogP contribution in [-0.2, 0) is 9.53 Å². The van der Waals surface area contributed by atoms with Crippen LogP contribution in [0.4, 0.5) is 0 Å². The van der Waals surface area contributed by atoms with Gasteiger partial charge in [-0.1, -0.05) is 6.07 Å². The van der Waals surface area contributed by atoms with Crippen LogP contribution in [0.3, 0.4) is 0 Å². The Morgan fingerprint density at radius 2 is 2.04 bits per heavy atom. The molecule has 132 valence electrons. The molecule has 0 spiro atoms. The number of rotatable bonds is 5. The number of methoxy groups -OCH3 is 1. The number of benzene rings is 1. The molecular weight excluding hydrogens is 312 g/mol. The van der Waals surface area contributed by atoms with E-state index in [4.69, 9.17) is 14.2 Å². The molecular formula is C17H24N2O5. The highest BCUT2D eigenvalue weighted by Gasteiger charge is 2.38. The Kier molecular flexibility index (Phi) is 5.55. The van der Waals surface area contributed by atoms with Gasteiger partial charge in [0.05, 0.1) is 32.5 Å². The Hall–Kier alpha value is -1.83. The summed E-state index contributed by atoms with van der Waals surface area (Å²) in [6.07, 6.45) is -0.524. The first-order valence-corrected chi connectivity index (χ1v) is 8.22. The standard InChI is InChI=1S/C17H24N2O5/c1-22-13-3-2-4-14(9-13)24-12-17(21)19-10-15(16(20)11-19)18-5-7-23-8-6-18/h2-4,9,15-16,20H,5-8,10-12H2,1H3/t15-,16-/m0/s1. The van der Waals surface area contributed by atoms with Gasteiger partial charge >= 0.3 is 0 Å². The van der Waals surface area contributed by atoms with Crippen LogP contribution in [0.1, 0.15) is 0 Å². The van der Waals surface area contributed by atoms with Gasteiger partial charge in [-0.05, 0) is 12.1 Å². The number of β-amino-alcohol motifs (C(OH)–C–C–N with tert-alkyl or cyclic N) is 1. The lowest BCUT2D eigenvalue weighted by atomic mass is 10.2. The molecule has 0 unspecified atom stereocenters. The van der Waals surface area contributed by atoms with Crippen LogP contribution in [-0.4, -0.2) is 86.1 Å². The third kappa shape index (κ3) is 3.98. The Morgan fingerprint density at radius 1 is 1.29 bits per heavy atom. The van der Waals surface area contributed by atoms with Crippen LogP contribution in [0.25, 0.3) is 0 Å². The molecule has 7 heteroatoms. The monoisotopic (exact) mass is 336 g/mol. The van der Waals surface area contributed by atoms with E-state index in [0.717, 1.165) is 13.1 Å². The summed E-state index contributed by atoms with van der Waals surface area (Å²) >= 11 is 0. The van der Waals surface area contributed by atoms with Crippen LogP contribution in [0.5, 0.6) is 11.5 Å². The summed E-state index contributed by atoms with van der Waals surface area (Å²) in [5.41, 5.74) is 0. The zero-order valence-corrected chi connectivity index (χ0v) is 13.9. The molecule has 0 bridgehead atoms. The van der Waals surface area contributed by atoms with Crippen LogP contribution >= 0.6 is 0 Å². The second-order valence-corrected chi connectivity index (χ2v) is 6.05. The van der Waals surface area contributed by atoms with Gasteiger partial charge in [-0.2, -0.15) is 0 Å². The molecule has 3 rings (SSSR count). The molecule has 0 saturated carbocycles. The number of hydrogen-bond donors (Lipinski definition) is 1. The van der Waals surface area contributed by atoms with Crippen LogP contribution < -0.4 is 9.47 Å². The topological polar surface area (TPSA) is 71.5 Å². The van der Waals surface area contributed by atoms with Gasteiger partial charge < -0.3 is 24.2 Å². The highest BCUT2D eigenvalue weighted by molar-refractivity contribution is 5.78. The van der Waals surface area contributed by atoms with Crippen molar-refractivity contribution in [3.05, 3.63) is 24.3 Å². The summed E-state index contributed by atoms with van der Waals surface area (Å²) in [7, 11) is 1.58. The fourth-order valence-electron chi connectivity index (χ4n) is 3.17. The van der Waals surface area contributed by atoms with Crippen molar-refractivity contribution in [1.29, 1.82) is 0 Å². The number of likely N-dealkylation sites (tertiary alicyclic amines) is 1. The lowest BCUT2D eigenvalue weighted by molar-refractivity contribution is -0.132. The minimum atomic E-state index is -0.524. The molecule has 2 aliphatic rings. The van der Waals surface area contributed by atoms with Crippen LogP contribution in [0.15, 0.2) is 24.3 Å². The van der Waals surface area contributed by atoms with E-state index < -0.39 is 6.10 Å². The first-order valence-electron chi connectivity index (χ1n) is 8.22. The highest BCUT2D eigenvalue weighted by Crippen LogP contribution is 2.20. The van der Waals surface area contributed by atoms with Gasteiger partial charge in [0.2, 0.25) is 0 Å². The number of amides is 1. The normalized spacial score (nSPS) is 24.8. The number of morpholine rings is 1. The number of carbonyl (C=O) groups excluding carboxylic acids is 1. The minimum absolute atomic E-state index is 0.0188. The molecule has 0 aromatic heterocycles. The fourth-order valence-corrected chi connectivity index (χ4v) is 3.17. The summed E-state index contributed by atoms with van der Waals surface area (Å²) in [6.45, 7) is 3.78. The maximum Gasteiger partial charge on any atom is 0.260 e. The third-order valence-corrected chi connectivity index (χ3v) is 4.53. The average molecular weight is 336 g/mol. The summed E-state index contributed by atoms with van der Waals surface area (Å²) < 4.78 is 16.0. The second kappa shape index (κ2) is 7.83. The van der Waals surface area contributed by atoms with Crippen molar-refractivity contribution in [2.75, 3.05) is 53.1 Å². The zero-order chi connectivity index (χ0) is 16.9. The van der Waals surface area contributed by atoms with Gasteiger partial charge in [-0.25, -0.2) is 0 Å². The summed E-state index contributed by atoms with van der Waals surface area (Å²) in [6, 6.07) is 7.13. The van der Waals surface area contributed by atoms with E-state index in [1.54, 1.807) is 24.1 Å². The van der Waals surface area contributed by atoms with E-state index >= 15 is 0 Å². The first-order chi connectivity index (χ1) is 11.7. The third-order valence-electron chi connectivity index (χ3n) is 4.53. The Bertz CT molecular complexity index is 562. The van der Waals surface area contributed by atoms with Crippen molar-refractivity contribution < 1.29 is 24.1 Å². The number of aliphatic hydroxyl groups is 1. The number of aliphatic hydroxyl groups excluding tert-OH is 1. The van der Waals surface area contributed by atoms with E-state index in [-0.39, 0.29) is 18.6 Å². The molecule has 1 aromatic carbocycles. The minimum Gasteiger partial charge on any atom is -0.497 e. The largest absolute Gasteiger partial charge is 0.497 e. The summed E-state index contributed by atoms with van der Waals surface area (Å²) in [5, 5.41) is 10.3. The molecule has 0 radical (unpaired) electrons. The lowest BCUT2D eigenvalue weighted by Crippen LogP contribution is -2.49. The van der Waals surface area contributed by atoms with Gasteiger partial charge in [-0.15, -0.1) is 0 Å². The SMILES string of the molecule is COc1cccc(OCC(=O)N2C[C@H](O)[C@@H](N3CCOCC3)C2)c1. The number of ether oxygens (including phenoxy) is 3. The highest BCUT2D eigenvalue weighted by atomic mass is 16.5. The van der Waals surface area contributed by atoms with E-state index in [2.05, 4.69) is 4.90 Å². The molecule has 2 fully saturated rings. The van der Waals surface area contributed by atoms with Crippen molar-refractivity contribution in [2.24, 2.45) is 0 Å². The average Bonchev–Trinajstić information content (AvgIpc) is 3.02. The van der Waals surface area contributed by atoms with Crippen LogP contribution in [0, 0.1) is 0 Å². The second-order valence-electron chi connectivity index (χ2n) is 6.05. The Balaban J connectivity index is 1.51. The van der Waals surface area contributed by atoms with Crippen LogP contribution in [0.2, 0.25) is 0 Å². The quantitative estimate of drug-likeness (QED) is 0.815. The van der Waals surface area contributed by atoms with Crippen molar-refractivity contribution in [1.82, 2.24) is 9.80 Å².